The van der Waals surface area contributed by atoms with Gasteiger partial charge >= 0.3 is 10.2 Å². The van der Waals surface area contributed by atoms with E-state index in [0.29, 0.717) is 24.2 Å². The Morgan fingerprint density at radius 2 is 2.05 bits per heavy atom. The first-order valence-electron chi connectivity index (χ1n) is 6.97. The Morgan fingerprint density at radius 3 is 2.77 bits per heavy atom. The van der Waals surface area contributed by atoms with Crippen molar-refractivity contribution in [2.24, 2.45) is 5.92 Å². The van der Waals surface area contributed by atoms with Crippen molar-refractivity contribution in [3.05, 3.63) is 23.8 Å². The molecule has 2 aliphatic rings. The van der Waals surface area contributed by atoms with Gasteiger partial charge in [-0.25, -0.2) is 0 Å². The van der Waals surface area contributed by atoms with Gasteiger partial charge in [-0.05, 0) is 24.1 Å². The van der Waals surface area contributed by atoms with Crippen molar-refractivity contribution >= 4 is 33.4 Å². The van der Waals surface area contributed by atoms with Crippen molar-refractivity contribution in [3.63, 3.8) is 0 Å². The van der Waals surface area contributed by atoms with E-state index in [1.165, 1.54) is 4.90 Å². The molecule has 0 bridgehead atoms. The summed E-state index contributed by atoms with van der Waals surface area (Å²) in [6.45, 7) is 0.161. The molecule has 8 heteroatoms. The van der Waals surface area contributed by atoms with Crippen molar-refractivity contribution in [2.45, 2.75) is 19.3 Å². The Balaban J connectivity index is 1.81. The molecule has 2 amide bonds. The molecule has 1 fully saturated rings. The van der Waals surface area contributed by atoms with E-state index in [-0.39, 0.29) is 24.8 Å². The Kier molecular flexibility index (Phi) is 3.64. The molecule has 1 aromatic rings. The van der Waals surface area contributed by atoms with Crippen LogP contribution in [0.3, 0.4) is 0 Å². The van der Waals surface area contributed by atoms with Crippen molar-refractivity contribution in [1.82, 2.24) is 0 Å². The van der Waals surface area contributed by atoms with Crippen LogP contribution in [0, 0.1) is 5.92 Å². The summed E-state index contributed by atoms with van der Waals surface area (Å²) < 4.78 is 34.2. The number of fused-ring (bicyclic) bond motifs is 1. The topological polar surface area (TPSA) is 83.6 Å². The van der Waals surface area contributed by atoms with Crippen LogP contribution < -0.4 is 10.2 Å². The molecular weight excluding hydrogens is 311 g/mol. The lowest BCUT2D eigenvalue weighted by molar-refractivity contribution is -0.117. The molecule has 3 rings (SSSR count). The second-order valence-electron chi connectivity index (χ2n) is 5.67. The van der Waals surface area contributed by atoms with Crippen molar-refractivity contribution in [2.75, 3.05) is 22.5 Å². The standard InChI is InChI=1S/C14H15FN2O4S/c15-22(20,21)8-9-5-14(19)17(7-9)11-3-1-10-2-4-13(18)16-12(10)6-11/h1,3,6,9H,2,4-5,7-8H2,(H,16,18). The van der Waals surface area contributed by atoms with Gasteiger partial charge in [0, 0.05) is 36.7 Å². The Labute approximate surface area is 127 Å². The molecule has 2 aliphatic heterocycles. The molecule has 1 aromatic carbocycles. The van der Waals surface area contributed by atoms with Crippen LogP contribution in [0.4, 0.5) is 15.3 Å². The summed E-state index contributed by atoms with van der Waals surface area (Å²) in [6, 6.07) is 5.31. The number of rotatable bonds is 3. The molecule has 2 heterocycles. The lowest BCUT2D eigenvalue weighted by Gasteiger charge is -2.21. The van der Waals surface area contributed by atoms with E-state index in [1.807, 2.05) is 6.07 Å². The van der Waals surface area contributed by atoms with E-state index in [2.05, 4.69) is 5.32 Å². The van der Waals surface area contributed by atoms with E-state index in [4.69, 9.17) is 0 Å². The molecule has 22 heavy (non-hydrogen) atoms. The third-order valence-corrected chi connectivity index (χ3v) is 4.81. The number of benzene rings is 1. The number of hydrogen-bond acceptors (Lipinski definition) is 4. The number of halogens is 1. The van der Waals surface area contributed by atoms with Gasteiger partial charge in [-0.2, -0.15) is 8.42 Å². The normalized spacial score (nSPS) is 21.7. The molecule has 1 N–H and O–H groups in total. The van der Waals surface area contributed by atoms with Crippen LogP contribution in [-0.4, -0.2) is 32.5 Å². The molecule has 1 unspecified atom stereocenters. The van der Waals surface area contributed by atoms with Gasteiger partial charge in [0.2, 0.25) is 11.8 Å². The molecule has 1 saturated heterocycles. The molecule has 0 aliphatic carbocycles. The maximum Gasteiger partial charge on any atom is 0.302 e. The number of carbonyl (C=O) groups is 2. The molecule has 0 radical (unpaired) electrons. The number of hydrogen-bond donors (Lipinski definition) is 1. The van der Waals surface area contributed by atoms with Crippen molar-refractivity contribution < 1.29 is 21.9 Å². The maximum absolute atomic E-state index is 12.8. The van der Waals surface area contributed by atoms with Crippen LogP contribution in [0.5, 0.6) is 0 Å². The third-order valence-electron chi connectivity index (χ3n) is 3.94. The number of nitrogens with one attached hydrogen (secondary N) is 1. The highest BCUT2D eigenvalue weighted by Crippen LogP contribution is 2.31. The molecule has 0 aromatic heterocycles. The monoisotopic (exact) mass is 326 g/mol. The predicted octanol–water partition coefficient (Wildman–Crippen LogP) is 1.22. The smallest absolute Gasteiger partial charge is 0.302 e. The minimum absolute atomic E-state index is 0.00654. The summed E-state index contributed by atoms with van der Waals surface area (Å²) in [7, 11) is -4.59. The fourth-order valence-corrected chi connectivity index (χ4v) is 3.74. The summed E-state index contributed by atoms with van der Waals surface area (Å²) >= 11 is 0. The lowest BCUT2D eigenvalue weighted by Crippen LogP contribution is -2.26. The molecule has 1 atom stereocenters. The van der Waals surface area contributed by atoms with E-state index >= 15 is 0 Å². The average molecular weight is 326 g/mol. The second kappa shape index (κ2) is 5.35. The summed E-state index contributed by atoms with van der Waals surface area (Å²) in [6.07, 6.45) is 1.09. The number of aryl methyl sites for hydroxylation is 1. The average Bonchev–Trinajstić information content (AvgIpc) is 2.76. The minimum Gasteiger partial charge on any atom is -0.326 e. The fraction of sp³-hybridized carbons (Fsp3) is 0.429. The maximum atomic E-state index is 12.8. The van der Waals surface area contributed by atoms with Crippen LogP contribution in [0.2, 0.25) is 0 Å². The Hall–Kier alpha value is -1.96. The van der Waals surface area contributed by atoms with Crippen molar-refractivity contribution in [3.8, 4) is 0 Å². The van der Waals surface area contributed by atoms with Gasteiger partial charge in [-0.1, -0.05) is 6.07 Å². The van der Waals surface area contributed by atoms with E-state index in [0.717, 1.165) is 5.56 Å². The van der Waals surface area contributed by atoms with E-state index in [1.54, 1.807) is 12.1 Å². The summed E-state index contributed by atoms with van der Waals surface area (Å²) in [5.41, 5.74) is 2.26. The molecule has 0 saturated carbocycles. The summed E-state index contributed by atoms with van der Waals surface area (Å²) in [5, 5.41) is 2.76. The number of carbonyl (C=O) groups excluding carboxylic acids is 2. The number of nitrogens with zero attached hydrogens (tertiary/aromatic N) is 1. The third kappa shape index (κ3) is 3.11. The fourth-order valence-electron chi connectivity index (χ4n) is 2.95. The van der Waals surface area contributed by atoms with Gasteiger partial charge in [0.25, 0.3) is 0 Å². The Bertz CT molecular complexity index is 747. The second-order valence-corrected chi connectivity index (χ2v) is 7.08. The van der Waals surface area contributed by atoms with Crippen LogP contribution >= 0.6 is 0 Å². The largest absolute Gasteiger partial charge is 0.326 e. The van der Waals surface area contributed by atoms with Crippen LogP contribution in [0.15, 0.2) is 18.2 Å². The van der Waals surface area contributed by atoms with Gasteiger partial charge in [0.05, 0.1) is 5.75 Å². The van der Waals surface area contributed by atoms with E-state index < -0.39 is 21.9 Å². The van der Waals surface area contributed by atoms with Crippen LogP contribution in [0.1, 0.15) is 18.4 Å². The highest BCUT2D eigenvalue weighted by Gasteiger charge is 2.34. The first-order valence-corrected chi connectivity index (χ1v) is 8.52. The lowest BCUT2D eigenvalue weighted by atomic mass is 10.0. The van der Waals surface area contributed by atoms with Gasteiger partial charge in [-0.3, -0.25) is 9.59 Å². The quantitative estimate of drug-likeness (QED) is 0.847. The zero-order chi connectivity index (χ0) is 15.9. The molecule has 118 valence electrons. The molecule has 0 spiro atoms. The zero-order valence-corrected chi connectivity index (χ0v) is 12.5. The zero-order valence-electron chi connectivity index (χ0n) is 11.7. The molecule has 6 nitrogen and oxygen atoms in total. The van der Waals surface area contributed by atoms with E-state index in [9.17, 15) is 21.9 Å². The highest BCUT2D eigenvalue weighted by molar-refractivity contribution is 7.86. The number of amides is 2. The minimum atomic E-state index is -4.59. The molecular formula is C14H15FN2O4S. The van der Waals surface area contributed by atoms with Gasteiger partial charge < -0.3 is 10.2 Å². The Morgan fingerprint density at radius 1 is 1.27 bits per heavy atom. The van der Waals surface area contributed by atoms with Gasteiger partial charge in [0.1, 0.15) is 0 Å². The van der Waals surface area contributed by atoms with Crippen LogP contribution in [0.25, 0.3) is 0 Å². The first kappa shape index (κ1) is 15.0. The first-order chi connectivity index (χ1) is 10.3. The van der Waals surface area contributed by atoms with Crippen LogP contribution in [-0.2, 0) is 26.2 Å². The number of anilines is 2. The van der Waals surface area contributed by atoms with Gasteiger partial charge in [-0.15, -0.1) is 3.89 Å². The van der Waals surface area contributed by atoms with Crippen molar-refractivity contribution in [1.29, 1.82) is 0 Å². The summed E-state index contributed by atoms with van der Waals surface area (Å²) in [4.78, 5) is 24.9. The SMILES string of the molecule is O=C1CCc2ccc(N3CC(CS(=O)(=O)F)CC3=O)cc2N1. The van der Waals surface area contributed by atoms with Gasteiger partial charge in [0.15, 0.2) is 0 Å². The predicted molar refractivity (Wildman–Crippen MR) is 78.7 cm³/mol. The summed E-state index contributed by atoms with van der Waals surface area (Å²) in [5.74, 6) is -1.50. The highest BCUT2D eigenvalue weighted by atomic mass is 32.3.